The third-order valence-corrected chi connectivity index (χ3v) is 9.54. The number of unbranched alkanes of at least 4 members (excludes halogenated alkanes) is 1. The number of rotatable bonds is 10. The molecule has 0 unspecified atom stereocenters. The Morgan fingerprint density at radius 2 is 2.04 bits per heavy atom. The number of hydrogen-bond donors (Lipinski definition) is 3. The molecule has 1 amide bonds. The van der Waals surface area contributed by atoms with E-state index in [9.17, 15) is 14.7 Å². The summed E-state index contributed by atoms with van der Waals surface area (Å²) in [5.41, 5.74) is 7.40. The normalized spacial score (nSPS) is 18.4. The Balaban J connectivity index is 1.31. The average molecular weight is 651 g/mol. The molecule has 3 aromatic rings. The van der Waals surface area contributed by atoms with Crippen molar-refractivity contribution < 1.29 is 9.90 Å². The van der Waals surface area contributed by atoms with E-state index in [4.69, 9.17) is 5.26 Å². The molecule has 1 saturated heterocycles. The van der Waals surface area contributed by atoms with Crippen molar-refractivity contribution in [3.63, 3.8) is 0 Å². The van der Waals surface area contributed by atoms with E-state index >= 15 is 0 Å². The van der Waals surface area contributed by atoms with E-state index in [0.29, 0.717) is 54.4 Å². The van der Waals surface area contributed by atoms with Crippen molar-refractivity contribution in [3.8, 4) is 17.2 Å². The SMILES string of the molecule is CCC/C=C(/C=C1/CN(CCC#N)CCN1)Nc1cc(-c2ccnc(N3CCn4c(cc5c4CC(C)(C)C5)C3=O)c2CO)cn(C)c1=O. The van der Waals surface area contributed by atoms with Crippen LogP contribution in [0.1, 0.15) is 67.3 Å². The van der Waals surface area contributed by atoms with Crippen molar-refractivity contribution in [2.45, 2.75) is 66.0 Å². The lowest BCUT2D eigenvalue weighted by Crippen LogP contribution is -2.42. The van der Waals surface area contributed by atoms with Crippen LogP contribution in [0.25, 0.3) is 11.1 Å². The molecule has 0 spiro atoms. The standard InChI is InChI=1S/C37H46N8O3/c1-5-6-8-27(19-28-23-43(13-7-10-38)14-12-39-28)41-31-17-26(22-42(4)35(31)47)29-9-11-40-34(30(29)24-46)45-16-15-44-32(36(45)48)18-25-20-37(2,3)21-33(25)44/h8-9,11,17-19,22,39,41,46H,5-7,12-16,20-21,23-24H2,1-4H3/b27-8-,28-19-. The van der Waals surface area contributed by atoms with Crippen molar-refractivity contribution in [3.05, 3.63) is 87.0 Å². The Hall–Kier alpha value is -4.66. The maximum absolute atomic E-state index is 13.9. The maximum atomic E-state index is 13.9. The van der Waals surface area contributed by atoms with Gasteiger partial charge in [0, 0.05) is 93.3 Å². The van der Waals surface area contributed by atoms with Crippen LogP contribution in [0.3, 0.4) is 0 Å². The highest BCUT2D eigenvalue weighted by Crippen LogP contribution is 2.40. The number of aromatic nitrogens is 3. The van der Waals surface area contributed by atoms with Crippen molar-refractivity contribution in [1.29, 1.82) is 5.26 Å². The monoisotopic (exact) mass is 650 g/mol. The summed E-state index contributed by atoms with van der Waals surface area (Å²) in [6.07, 6.45) is 11.7. The first-order valence-electron chi connectivity index (χ1n) is 17.0. The first kappa shape index (κ1) is 33.2. The van der Waals surface area contributed by atoms with Crippen LogP contribution in [-0.4, -0.2) is 62.8 Å². The van der Waals surface area contributed by atoms with Gasteiger partial charge in [0.25, 0.3) is 11.5 Å². The lowest BCUT2D eigenvalue weighted by Gasteiger charge is -2.31. The molecular weight excluding hydrogens is 604 g/mol. The Labute approximate surface area is 282 Å². The smallest absolute Gasteiger partial charge is 0.276 e. The molecule has 11 nitrogen and oxygen atoms in total. The van der Waals surface area contributed by atoms with Gasteiger partial charge in [0.15, 0.2) is 0 Å². The third-order valence-electron chi connectivity index (χ3n) is 9.54. The highest BCUT2D eigenvalue weighted by molar-refractivity contribution is 6.06. The Morgan fingerprint density at radius 3 is 2.81 bits per heavy atom. The number of aryl methyl sites for hydroxylation is 1. The zero-order chi connectivity index (χ0) is 34.0. The number of hydrogen-bond acceptors (Lipinski definition) is 8. The van der Waals surface area contributed by atoms with E-state index in [1.54, 1.807) is 24.3 Å². The zero-order valence-electron chi connectivity index (χ0n) is 28.5. The lowest BCUT2D eigenvalue weighted by molar-refractivity contribution is 0.0962. The summed E-state index contributed by atoms with van der Waals surface area (Å²) in [5, 5.41) is 26.6. The molecule has 252 valence electrons. The van der Waals surface area contributed by atoms with Crippen LogP contribution < -0.4 is 21.1 Å². The summed E-state index contributed by atoms with van der Waals surface area (Å²) < 4.78 is 3.70. The first-order chi connectivity index (χ1) is 23.1. The van der Waals surface area contributed by atoms with Gasteiger partial charge in [0.1, 0.15) is 17.2 Å². The highest BCUT2D eigenvalue weighted by atomic mass is 16.3. The van der Waals surface area contributed by atoms with Gasteiger partial charge in [-0.2, -0.15) is 5.26 Å². The van der Waals surface area contributed by atoms with Gasteiger partial charge in [0.05, 0.1) is 12.7 Å². The number of aliphatic hydroxyl groups excluding tert-OH is 1. The minimum absolute atomic E-state index is 0.114. The summed E-state index contributed by atoms with van der Waals surface area (Å²) in [4.78, 5) is 35.9. The number of anilines is 2. The van der Waals surface area contributed by atoms with Gasteiger partial charge in [-0.1, -0.05) is 33.3 Å². The zero-order valence-corrected chi connectivity index (χ0v) is 28.5. The molecule has 0 atom stereocenters. The molecule has 48 heavy (non-hydrogen) atoms. The number of piperazine rings is 1. The fourth-order valence-electron chi connectivity index (χ4n) is 7.24. The summed E-state index contributed by atoms with van der Waals surface area (Å²) in [6, 6.07) is 7.90. The van der Waals surface area contributed by atoms with Crippen LogP contribution in [0.5, 0.6) is 0 Å². The van der Waals surface area contributed by atoms with Gasteiger partial charge in [-0.25, -0.2) is 4.98 Å². The van der Waals surface area contributed by atoms with Gasteiger partial charge < -0.3 is 24.9 Å². The number of allylic oxidation sites excluding steroid dienone is 2. The number of fused-ring (bicyclic) bond motifs is 3. The summed E-state index contributed by atoms with van der Waals surface area (Å²) in [6.45, 7) is 10.5. The molecule has 5 heterocycles. The minimum Gasteiger partial charge on any atom is -0.392 e. The number of amides is 1. The molecule has 3 aromatic heterocycles. The molecule has 0 bridgehead atoms. The number of carbonyl (C=O) groups excluding carboxylic acids is 1. The lowest BCUT2D eigenvalue weighted by atomic mass is 9.90. The van der Waals surface area contributed by atoms with Gasteiger partial charge in [-0.3, -0.25) is 19.4 Å². The number of nitrogens with one attached hydrogen (secondary N) is 2. The number of carbonyl (C=O) groups is 1. The number of nitriles is 1. The Kier molecular flexibility index (Phi) is 9.58. The van der Waals surface area contributed by atoms with Crippen LogP contribution >= 0.6 is 0 Å². The molecule has 0 saturated carbocycles. The first-order valence-corrected chi connectivity index (χ1v) is 17.0. The van der Waals surface area contributed by atoms with Gasteiger partial charge >= 0.3 is 0 Å². The predicted octanol–water partition coefficient (Wildman–Crippen LogP) is 4.32. The van der Waals surface area contributed by atoms with Crippen LogP contribution in [-0.2, 0) is 33.0 Å². The molecule has 0 radical (unpaired) electrons. The minimum atomic E-state index is -0.318. The second kappa shape index (κ2) is 13.8. The van der Waals surface area contributed by atoms with E-state index in [1.165, 1.54) is 15.8 Å². The van der Waals surface area contributed by atoms with E-state index in [2.05, 4.69) is 58.0 Å². The molecule has 1 aliphatic carbocycles. The van der Waals surface area contributed by atoms with Gasteiger partial charge in [0.2, 0.25) is 0 Å². The average Bonchev–Trinajstić information content (AvgIpc) is 3.56. The fraction of sp³-hybridized carbons (Fsp3) is 0.459. The molecule has 2 aliphatic heterocycles. The second-order valence-electron chi connectivity index (χ2n) is 13.9. The molecule has 6 rings (SSSR count). The molecular formula is C37H46N8O3. The van der Waals surface area contributed by atoms with Crippen molar-refractivity contribution >= 4 is 17.4 Å². The number of nitrogens with zero attached hydrogens (tertiary/aromatic N) is 6. The highest BCUT2D eigenvalue weighted by Gasteiger charge is 2.37. The van der Waals surface area contributed by atoms with Crippen molar-refractivity contribution in [2.24, 2.45) is 12.5 Å². The Bertz CT molecular complexity index is 1880. The molecule has 1 fully saturated rings. The molecule has 3 aliphatic rings. The second-order valence-corrected chi connectivity index (χ2v) is 13.9. The van der Waals surface area contributed by atoms with Crippen LogP contribution in [0.15, 0.2) is 58.9 Å². The largest absolute Gasteiger partial charge is 0.392 e. The van der Waals surface area contributed by atoms with Gasteiger partial charge in [-0.15, -0.1) is 0 Å². The summed E-state index contributed by atoms with van der Waals surface area (Å²) >= 11 is 0. The number of aliphatic hydroxyl groups is 1. The van der Waals surface area contributed by atoms with Crippen LogP contribution in [0, 0.1) is 16.7 Å². The molecule has 11 heteroatoms. The van der Waals surface area contributed by atoms with E-state index in [-0.39, 0.29) is 23.5 Å². The molecule has 0 aromatic carbocycles. The Morgan fingerprint density at radius 1 is 1.21 bits per heavy atom. The molecule has 3 N–H and O–H groups in total. The quantitative estimate of drug-likeness (QED) is 0.296. The fourth-order valence-corrected chi connectivity index (χ4v) is 7.24. The number of pyridine rings is 2. The van der Waals surface area contributed by atoms with E-state index in [0.717, 1.165) is 62.3 Å². The van der Waals surface area contributed by atoms with Crippen LogP contribution in [0.4, 0.5) is 11.5 Å². The summed E-state index contributed by atoms with van der Waals surface area (Å²) in [5.74, 6) is 0.325. The summed E-state index contributed by atoms with van der Waals surface area (Å²) in [7, 11) is 1.71. The van der Waals surface area contributed by atoms with Crippen molar-refractivity contribution in [1.82, 2.24) is 24.3 Å². The van der Waals surface area contributed by atoms with Gasteiger partial charge in [-0.05, 0) is 60.1 Å². The maximum Gasteiger partial charge on any atom is 0.276 e. The van der Waals surface area contributed by atoms with E-state index in [1.807, 2.05) is 24.3 Å². The van der Waals surface area contributed by atoms with Crippen molar-refractivity contribution in [2.75, 3.05) is 42.9 Å². The topological polar surface area (TPSA) is 131 Å². The predicted molar refractivity (Wildman–Crippen MR) is 188 cm³/mol. The third kappa shape index (κ3) is 6.68. The van der Waals surface area contributed by atoms with Crippen LogP contribution in [0.2, 0.25) is 0 Å². The van der Waals surface area contributed by atoms with E-state index < -0.39 is 0 Å².